The van der Waals surface area contributed by atoms with Crippen LogP contribution in [0.2, 0.25) is 0 Å². The molecule has 0 heterocycles. The molecule has 104 valence electrons. The molecule has 1 amide bonds. The van der Waals surface area contributed by atoms with Crippen LogP contribution in [-0.2, 0) is 4.79 Å². The summed E-state index contributed by atoms with van der Waals surface area (Å²) in [6.07, 6.45) is 0.450. The van der Waals surface area contributed by atoms with Crippen molar-refractivity contribution >= 4 is 45.0 Å². The van der Waals surface area contributed by atoms with E-state index in [0.29, 0.717) is 17.8 Å². The highest BCUT2D eigenvalue weighted by molar-refractivity contribution is 9.10. The normalized spacial score (nSPS) is 10.2. The van der Waals surface area contributed by atoms with Gasteiger partial charge in [0.2, 0.25) is 5.91 Å². The summed E-state index contributed by atoms with van der Waals surface area (Å²) < 4.78 is 1.05. The van der Waals surface area contributed by atoms with E-state index in [9.17, 15) is 4.79 Å². The molecule has 0 aliphatic carbocycles. The number of halogens is 1. The van der Waals surface area contributed by atoms with Crippen molar-refractivity contribution < 1.29 is 4.79 Å². The summed E-state index contributed by atoms with van der Waals surface area (Å²) in [4.78, 5) is 13.0. The third-order valence-corrected chi connectivity index (χ3v) is 4.12. The Bertz CT molecular complexity index is 604. The monoisotopic (exact) mass is 350 g/mol. The molecular formula is C15H15BrN2OS. The number of hydrogen-bond acceptors (Lipinski definition) is 3. The number of carbonyl (C=O) groups is 1. The summed E-state index contributed by atoms with van der Waals surface area (Å²) in [7, 11) is 0. The first-order valence-corrected chi connectivity index (χ1v) is 7.96. The summed E-state index contributed by atoms with van der Waals surface area (Å²) in [5.74, 6) is 0.708. The number of anilines is 2. The minimum atomic E-state index is -0.0228. The van der Waals surface area contributed by atoms with Crippen LogP contribution in [0.5, 0.6) is 0 Å². The van der Waals surface area contributed by atoms with Gasteiger partial charge < -0.3 is 11.1 Å². The molecule has 2 aromatic rings. The van der Waals surface area contributed by atoms with Crippen molar-refractivity contribution in [2.75, 3.05) is 16.8 Å². The minimum Gasteiger partial charge on any atom is -0.397 e. The van der Waals surface area contributed by atoms with Gasteiger partial charge in [-0.05, 0) is 30.3 Å². The lowest BCUT2D eigenvalue weighted by atomic mass is 10.2. The average molecular weight is 351 g/mol. The third kappa shape index (κ3) is 4.58. The van der Waals surface area contributed by atoms with Crippen LogP contribution in [0.4, 0.5) is 11.4 Å². The first kappa shape index (κ1) is 14.9. The van der Waals surface area contributed by atoms with Gasteiger partial charge in [-0.2, -0.15) is 0 Å². The maximum atomic E-state index is 11.8. The van der Waals surface area contributed by atoms with Crippen molar-refractivity contribution in [1.82, 2.24) is 0 Å². The van der Waals surface area contributed by atoms with E-state index in [4.69, 9.17) is 5.73 Å². The first-order valence-electron chi connectivity index (χ1n) is 6.18. The van der Waals surface area contributed by atoms with Gasteiger partial charge in [0, 0.05) is 21.5 Å². The molecule has 0 bridgehead atoms. The molecule has 0 saturated heterocycles. The highest BCUT2D eigenvalue weighted by atomic mass is 79.9. The molecule has 0 aliphatic rings. The van der Waals surface area contributed by atoms with Crippen LogP contribution in [0.25, 0.3) is 0 Å². The van der Waals surface area contributed by atoms with Gasteiger partial charge in [-0.3, -0.25) is 4.79 Å². The third-order valence-electron chi connectivity index (χ3n) is 2.63. The second kappa shape index (κ2) is 7.36. The summed E-state index contributed by atoms with van der Waals surface area (Å²) in [5, 5.41) is 2.82. The number of amides is 1. The molecule has 0 fully saturated rings. The maximum Gasteiger partial charge on any atom is 0.225 e. The van der Waals surface area contributed by atoms with Crippen LogP contribution in [0.1, 0.15) is 6.42 Å². The number of nitrogens with one attached hydrogen (secondary N) is 1. The molecule has 2 aromatic carbocycles. The number of carbonyl (C=O) groups excluding carboxylic acids is 1. The predicted octanol–water partition coefficient (Wildman–Crippen LogP) is 4.15. The molecule has 5 heteroatoms. The summed E-state index contributed by atoms with van der Waals surface area (Å²) >= 11 is 5.08. The van der Waals surface area contributed by atoms with Crippen molar-refractivity contribution in [1.29, 1.82) is 0 Å². The Labute approximate surface area is 131 Å². The van der Waals surface area contributed by atoms with E-state index in [1.807, 2.05) is 36.4 Å². The zero-order valence-electron chi connectivity index (χ0n) is 10.8. The molecular weight excluding hydrogens is 336 g/mol. The van der Waals surface area contributed by atoms with Gasteiger partial charge in [0.25, 0.3) is 0 Å². The number of benzene rings is 2. The standard InChI is InChI=1S/C15H15BrN2OS/c16-11-4-3-5-12(10-11)20-9-8-15(19)18-14-7-2-1-6-13(14)17/h1-7,10H,8-9,17H2,(H,18,19). The lowest BCUT2D eigenvalue weighted by molar-refractivity contribution is -0.115. The fraction of sp³-hybridized carbons (Fsp3) is 0.133. The van der Waals surface area contributed by atoms with Gasteiger partial charge in [-0.25, -0.2) is 0 Å². The van der Waals surface area contributed by atoms with Crippen molar-refractivity contribution in [2.24, 2.45) is 0 Å². The molecule has 0 atom stereocenters. The minimum absolute atomic E-state index is 0.0228. The summed E-state index contributed by atoms with van der Waals surface area (Å²) in [6, 6.07) is 15.3. The zero-order valence-corrected chi connectivity index (χ0v) is 13.2. The number of nitrogen functional groups attached to an aromatic ring is 1. The van der Waals surface area contributed by atoms with Crippen LogP contribution < -0.4 is 11.1 Å². The molecule has 2 rings (SSSR count). The summed E-state index contributed by atoms with van der Waals surface area (Å²) in [5.41, 5.74) is 7.04. The quantitative estimate of drug-likeness (QED) is 0.628. The van der Waals surface area contributed by atoms with Crippen LogP contribution in [0, 0.1) is 0 Å². The second-order valence-corrected chi connectivity index (χ2v) is 6.28. The predicted molar refractivity (Wildman–Crippen MR) is 89.0 cm³/mol. The Kier molecular flexibility index (Phi) is 5.49. The Morgan fingerprint density at radius 1 is 1.20 bits per heavy atom. The van der Waals surface area contributed by atoms with Crippen LogP contribution in [-0.4, -0.2) is 11.7 Å². The lowest BCUT2D eigenvalue weighted by Crippen LogP contribution is -2.13. The largest absolute Gasteiger partial charge is 0.397 e. The van der Waals surface area contributed by atoms with Gasteiger partial charge in [-0.1, -0.05) is 34.1 Å². The van der Waals surface area contributed by atoms with Crippen LogP contribution >= 0.6 is 27.7 Å². The van der Waals surface area contributed by atoms with Gasteiger partial charge in [-0.15, -0.1) is 11.8 Å². The van der Waals surface area contributed by atoms with Crippen molar-refractivity contribution in [2.45, 2.75) is 11.3 Å². The van der Waals surface area contributed by atoms with Crippen LogP contribution in [0.3, 0.4) is 0 Å². The molecule has 20 heavy (non-hydrogen) atoms. The van der Waals surface area contributed by atoms with E-state index in [2.05, 4.69) is 21.2 Å². The molecule has 0 aromatic heterocycles. The van der Waals surface area contributed by atoms with E-state index in [1.54, 1.807) is 23.9 Å². The number of para-hydroxylation sites is 2. The topological polar surface area (TPSA) is 55.1 Å². The zero-order chi connectivity index (χ0) is 14.4. The fourth-order valence-corrected chi connectivity index (χ4v) is 3.10. The van der Waals surface area contributed by atoms with Gasteiger partial charge in [0.05, 0.1) is 11.4 Å². The number of thioether (sulfide) groups is 1. The van der Waals surface area contributed by atoms with Crippen molar-refractivity contribution in [3.8, 4) is 0 Å². The van der Waals surface area contributed by atoms with Gasteiger partial charge in [0.1, 0.15) is 0 Å². The number of rotatable bonds is 5. The fourth-order valence-electron chi connectivity index (χ4n) is 1.64. The molecule has 3 nitrogen and oxygen atoms in total. The summed E-state index contributed by atoms with van der Waals surface area (Å²) in [6.45, 7) is 0. The first-order chi connectivity index (χ1) is 9.65. The Morgan fingerprint density at radius 3 is 2.75 bits per heavy atom. The average Bonchev–Trinajstić information content (AvgIpc) is 2.41. The molecule has 0 saturated carbocycles. The SMILES string of the molecule is Nc1ccccc1NC(=O)CCSc1cccc(Br)c1. The Balaban J connectivity index is 1.80. The Hall–Kier alpha value is -1.46. The van der Waals surface area contributed by atoms with E-state index < -0.39 is 0 Å². The van der Waals surface area contributed by atoms with Crippen LogP contribution in [0.15, 0.2) is 57.9 Å². The molecule has 0 spiro atoms. The molecule has 0 radical (unpaired) electrons. The molecule has 0 unspecified atom stereocenters. The lowest BCUT2D eigenvalue weighted by Gasteiger charge is -2.07. The van der Waals surface area contributed by atoms with Gasteiger partial charge in [0.15, 0.2) is 0 Å². The highest BCUT2D eigenvalue weighted by Gasteiger charge is 2.05. The van der Waals surface area contributed by atoms with E-state index in [0.717, 1.165) is 15.1 Å². The van der Waals surface area contributed by atoms with E-state index in [1.165, 1.54) is 0 Å². The maximum absolute atomic E-state index is 11.8. The van der Waals surface area contributed by atoms with Crippen molar-refractivity contribution in [3.05, 3.63) is 53.0 Å². The Morgan fingerprint density at radius 2 is 2.00 bits per heavy atom. The van der Waals surface area contributed by atoms with Gasteiger partial charge >= 0.3 is 0 Å². The second-order valence-electron chi connectivity index (χ2n) is 4.19. The van der Waals surface area contributed by atoms with E-state index in [-0.39, 0.29) is 5.91 Å². The van der Waals surface area contributed by atoms with E-state index >= 15 is 0 Å². The molecule has 0 aliphatic heterocycles. The van der Waals surface area contributed by atoms with Crippen molar-refractivity contribution in [3.63, 3.8) is 0 Å². The number of hydrogen-bond donors (Lipinski definition) is 2. The smallest absolute Gasteiger partial charge is 0.225 e. The molecule has 3 N–H and O–H groups in total. The highest BCUT2D eigenvalue weighted by Crippen LogP contribution is 2.23. The number of nitrogens with two attached hydrogens (primary N) is 1.